The predicted molar refractivity (Wildman–Crippen MR) is 120 cm³/mol. The molecule has 0 aliphatic carbocycles. The summed E-state index contributed by atoms with van der Waals surface area (Å²) in [6.07, 6.45) is -4.33. The van der Waals surface area contributed by atoms with E-state index in [2.05, 4.69) is 0 Å². The van der Waals surface area contributed by atoms with Crippen LogP contribution in [0.3, 0.4) is 0 Å². The number of hydrogen-bond donors (Lipinski definition) is 4. The highest BCUT2D eigenvalue weighted by Gasteiger charge is 2.45. The van der Waals surface area contributed by atoms with Gasteiger partial charge in [0.15, 0.2) is 23.0 Å². The van der Waals surface area contributed by atoms with Crippen molar-refractivity contribution in [2.45, 2.75) is 30.7 Å². The van der Waals surface area contributed by atoms with Gasteiger partial charge >= 0.3 is 5.97 Å². The lowest BCUT2D eigenvalue weighted by molar-refractivity contribution is -0.278. The molecule has 1 aliphatic rings. The number of phenols is 1. The maximum atomic E-state index is 12.1. The first kappa shape index (κ1) is 26.0. The molecular weight excluding hydrogens is 464 g/mol. The van der Waals surface area contributed by atoms with E-state index in [-0.39, 0.29) is 23.0 Å². The molecule has 0 amide bonds. The zero-order chi connectivity index (χ0) is 25.5. The third-order valence-electron chi connectivity index (χ3n) is 5.24. The van der Waals surface area contributed by atoms with Crippen molar-refractivity contribution in [3.63, 3.8) is 0 Å². The number of aliphatic hydroxyl groups is 3. The Labute approximate surface area is 200 Å². The highest BCUT2D eigenvalue weighted by molar-refractivity contribution is 5.87. The lowest BCUT2D eigenvalue weighted by atomic mass is 9.99. The summed E-state index contributed by atoms with van der Waals surface area (Å²) in [4.78, 5) is 23.1. The first-order valence-electron chi connectivity index (χ1n) is 10.5. The van der Waals surface area contributed by atoms with Gasteiger partial charge in [0.2, 0.25) is 6.29 Å². The van der Waals surface area contributed by atoms with Crippen LogP contribution in [-0.2, 0) is 14.3 Å². The molecule has 2 aromatic rings. The van der Waals surface area contributed by atoms with Crippen LogP contribution >= 0.6 is 0 Å². The van der Waals surface area contributed by atoms with E-state index in [0.29, 0.717) is 17.4 Å². The minimum absolute atomic E-state index is 0.0505. The lowest BCUT2D eigenvalue weighted by Crippen LogP contribution is -2.60. The minimum atomic E-state index is -1.65. The van der Waals surface area contributed by atoms with Crippen molar-refractivity contribution in [1.82, 2.24) is 0 Å². The number of aldehydes is 1. The third kappa shape index (κ3) is 6.28. The summed E-state index contributed by atoms with van der Waals surface area (Å²) in [5.74, 6) is -0.281. The van der Waals surface area contributed by atoms with Crippen molar-refractivity contribution in [3.05, 3.63) is 53.6 Å². The van der Waals surface area contributed by atoms with E-state index < -0.39 is 43.3 Å². The van der Waals surface area contributed by atoms with Gasteiger partial charge in [0.25, 0.3) is 0 Å². The molecule has 0 spiro atoms. The Bertz CT molecular complexity index is 1070. The molecule has 1 saturated heterocycles. The Morgan fingerprint density at radius 1 is 0.943 bits per heavy atom. The molecule has 0 bridgehead atoms. The topological polar surface area (TPSA) is 161 Å². The second-order valence-corrected chi connectivity index (χ2v) is 7.56. The van der Waals surface area contributed by atoms with Crippen molar-refractivity contribution in [2.24, 2.45) is 0 Å². The van der Waals surface area contributed by atoms with Crippen molar-refractivity contribution < 1.29 is 53.7 Å². The lowest BCUT2D eigenvalue weighted by Gasteiger charge is -2.40. The van der Waals surface area contributed by atoms with Crippen LogP contribution in [0.1, 0.15) is 15.9 Å². The summed E-state index contributed by atoms with van der Waals surface area (Å²) in [6.45, 7) is -0.450. The summed E-state index contributed by atoms with van der Waals surface area (Å²) in [7, 11) is 2.75. The monoisotopic (exact) mass is 490 g/mol. The number of ether oxygens (including phenoxy) is 5. The number of carbonyl (C=O) groups is 2. The first-order chi connectivity index (χ1) is 16.8. The van der Waals surface area contributed by atoms with E-state index in [9.17, 15) is 30.0 Å². The molecule has 1 aliphatic heterocycles. The number of rotatable bonds is 9. The first-order valence-corrected chi connectivity index (χ1v) is 10.5. The molecule has 5 atom stereocenters. The van der Waals surface area contributed by atoms with Gasteiger partial charge in [-0.1, -0.05) is 6.07 Å². The Kier molecular flexibility index (Phi) is 8.66. The van der Waals surface area contributed by atoms with Crippen LogP contribution in [0.4, 0.5) is 0 Å². The highest BCUT2D eigenvalue weighted by Crippen LogP contribution is 2.32. The fraction of sp³-hybridized carbons (Fsp3) is 0.333. The highest BCUT2D eigenvalue weighted by atomic mass is 16.7. The van der Waals surface area contributed by atoms with Gasteiger partial charge in [-0.15, -0.1) is 0 Å². The normalized spacial score (nSPS) is 24.1. The molecule has 2 aromatic carbocycles. The van der Waals surface area contributed by atoms with Crippen LogP contribution in [0, 0.1) is 0 Å². The maximum Gasteiger partial charge on any atom is 0.330 e. The fourth-order valence-corrected chi connectivity index (χ4v) is 3.31. The SMILES string of the molecule is COc1cc(/C=C/C(=O)OC[C@H]2O[C@@H](Oc3ccc(C=O)cc3OC)[C@H](O)[C@@H](O)[C@@H]2O)ccc1O. The average molecular weight is 490 g/mol. The maximum absolute atomic E-state index is 12.1. The van der Waals surface area contributed by atoms with Crippen molar-refractivity contribution in [3.8, 4) is 23.0 Å². The van der Waals surface area contributed by atoms with E-state index >= 15 is 0 Å². The van der Waals surface area contributed by atoms with Crippen molar-refractivity contribution in [2.75, 3.05) is 20.8 Å². The van der Waals surface area contributed by atoms with Crippen LogP contribution in [0.15, 0.2) is 42.5 Å². The van der Waals surface area contributed by atoms with E-state index in [1.807, 2.05) is 0 Å². The van der Waals surface area contributed by atoms with Crippen LogP contribution in [0.25, 0.3) is 6.08 Å². The number of methoxy groups -OCH3 is 2. The summed E-state index contributed by atoms with van der Waals surface area (Å²) in [5, 5.41) is 40.4. The minimum Gasteiger partial charge on any atom is -0.504 e. The second kappa shape index (κ2) is 11.7. The standard InChI is InChI=1S/C24H26O11/c1-31-17-9-13(3-6-15(17)26)5-8-20(27)33-12-19-21(28)22(29)23(30)24(35-19)34-16-7-4-14(11-25)10-18(16)32-2/h3-11,19,21-24,26,28-30H,12H2,1-2H3/b8-5+/t19-,21-,22+,23-,24-/m1/s1. The number of esters is 1. The fourth-order valence-electron chi connectivity index (χ4n) is 3.31. The molecule has 0 saturated carbocycles. The number of carbonyl (C=O) groups excluding carboxylic acids is 2. The number of benzene rings is 2. The quantitative estimate of drug-likeness (QED) is 0.222. The predicted octanol–water partition coefficient (Wildman–Crippen LogP) is 0.665. The smallest absolute Gasteiger partial charge is 0.330 e. The molecule has 1 heterocycles. The Morgan fingerprint density at radius 2 is 1.63 bits per heavy atom. The zero-order valence-corrected chi connectivity index (χ0v) is 18.9. The summed E-state index contributed by atoms with van der Waals surface area (Å²) in [5.41, 5.74) is 0.894. The summed E-state index contributed by atoms with van der Waals surface area (Å²) >= 11 is 0. The Morgan fingerprint density at radius 3 is 2.31 bits per heavy atom. The summed E-state index contributed by atoms with van der Waals surface area (Å²) in [6, 6.07) is 8.78. The van der Waals surface area contributed by atoms with Crippen LogP contribution in [-0.4, -0.2) is 84.2 Å². The summed E-state index contributed by atoms with van der Waals surface area (Å²) < 4.78 is 26.4. The van der Waals surface area contributed by atoms with Gasteiger partial charge < -0.3 is 44.1 Å². The molecule has 4 N–H and O–H groups in total. The van der Waals surface area contributed by atoms with Crippen molar-refractivity contribution >= 4 is 18.3 Å². The third-order valence-corrected chi connectivity index (χ3v) is 5.24. The second-order valence-electron chi connectivity index (χ2n) is 7.56. The molecule has 3 rings (SSSR count). The number of phenolic OH excluding ortho intramolecular Hbond substituents is 1. The van der Waals surface area contributed by atoms with Crippen LogP contribution in [0.2, 0.25) is 0 Å². The molecule has 0 radical (unpaired) electrons. The molecule has 0 unspecified atom stereocenters. The largest absolute Gasteiger partial charge is 0.504 e. The van der Waals surface area contributed by atoms with Crippen LogP contribution < -0.4 is 14.2 Å². The molecule has 0 aromatic heterocycles. The van der Waals surface area contributed by atoms with E-state index in [1.165, 1.54) is 50.6 Å². The van der Waals surface area contributed by atoms with Gasteiger partial charge in [-0.25, -0.2) is 4.79 Å². The number of aromatic hydroxyl groups is 1. The Balaban J connectivity index is 1.64. The number of hydrogen-bond acceptors (Lipinski definition) is 11. The molecule has 11 heteroatoms. The van der Waals surface area contributed by atoms with Gasteiger partial charge in [-0.2, -0.15) is 0 Å². The van der Waals surface area contributed by atoms with Gasteiger partial charge in [-0.3, -0.25) is 4.79 Å². The molecule has 11 nitrogen and oxygen atoms in total. The number of aliphatic hydroxyl groups excluding tert-OH is 3. The van der Waals surface area contributed by atoms with Crippen molar-refractivity contribution in [1.29, 1.82) is 0 Å². The Hall–Kier alpha value is -3.64. The van der Waals surface area contributed by atoms with E-state index in [1.54, 1.807) is 6.07 Å². The van der Waals surface area contributed by atoms with Gasteiger partial charge in [0.1, 0.15) is 37.3 Å². The molecule has 35 heavy (non-hydrogen) atoms. The van der Waals surface area contributed by atoms with Gasteiger partial charge in [0, 0.05) is 11.6 Å². The molecule has 1 fully saturated rings. The van der Waals surface area contributed by atoms with Gasteiger partial charge in [-0.05, 0) is 42.0 Å². The van der Waals surface area contributed by atoms with Gasteiger partial charge in [0.05, 0.1) is 14.2 Å². The molecule has 188 valence electrons. The average Bonchev–Trinajstić information content (AvgIpc) is 2.87. The molecular formula is C24H26O11. The van der Waals surface area contributed by atoms with E-state index in [0.717, 1.165) is 6.08 Å². The van der Waals surface area contributed by atoms with E-state index in [4.69, 9.17) is 23.7 Å². The zero-order valence-electron chi connectivity index (χ0n) is 18.9. The van der Waals surface area contributed by atoms with Crippen LogP contribution in [0.5, 0.6) is 23.0 Å².